The Labute approximate surface area is 251 Å². The van der Waals surface area contributed by atoms with Crippen LogP contribution in [0.15, 0.2) is 12.1 Å². The second kappa shape index (κ2) is 16.5. The third-order valence-corrected chi connectivity index (χ3v) is 12.3. The lowest BCUT2D eigenvalue weighted by Crippen LogP contribution is -1.84. The highest BCUT2D eigenvalue weighted by Crippen LogP contribution is 2.49. The van der Waals surface area contributed by atoms with Gasteiger partial charge in [0.2, 0.25) is 0 Å². The van der Waals surface area contributed by atoms with Crippen LogP contribution in [0.4, 0.5) is 0 Å². The van der Waals surface area contributed by atoms with Gasteiger partial charge in [-0.25, -0.2) is 0 Å². The SMILES string of the molecule is CCCCCCc1cc2c(s1)c1sc(CCCCCC)cc1c1c(CCCCCC)sc(CCCCCC)c21. The van der Waals surface area contributed by atoms with E-state index in [0.29, 0.717) is 0 Å². The zero-order valence-electron chi connectivity index (χ0n) is 25.5. The van der Waals surface area contributed by atoms with Crippen molar-refractivity contribution in [1.82, 2.24) is 0 Å². The number of benzene rings is 1. The van der Waals surface area contributed by atoms with E-state index in [-0.39, 0.29) is 0 Å². The van der Waals surface area contributed by atoms with Gasteiger partial charge in [-0.05, 0) is 63.5 Å². The molecule has 0 nitrogen and oxygen atoms in total. The molecular formula is C36H54S3. The first-order chi connectivity index (χ1) is 19.2. The summed E-state index contributed by atoms with van der Waals surface area (Å²) >= 11 is 6.46. The Balaban J connectivity index is 1.80. The van der Waals surface area contributed by atoms with Crippen LogP contribution in [0.2, 0.25) is 0 Å². The first kappa shape index (κ1) is 31.0. The van der Waals surface area contributed by atoms with E-state index < -0.39 is 0 Å². The van der Waals surface area contributed by atoms with Crippen LogP contribution in [0, 0.1) is 0 Å². The molecule has 3 heterocycles. The molecule has 0 aliphatic heterocycles. The Hall–Kier alpha value is -0.900. The Morgan fingerprint density at radius 1 is 0.410 bits per heavy atom. The van der Waals surface area contributed by atoms with Gasteiger partial charge in [0.05, 0.1) is 9.40 Å². The predicted octanol–water partition coefficient (Wildman–Crippen LogP) is 13.8. The van der Waals surface area contributed by atoms with E-state index in [4.69, 9.17) is 0 Å². The first-order valence-electron chi connectivity index (χ1n) is 16.6. The highest BCUT2D eigenvalue weighted by atomic mass is 32.1. The lowest BCUT2D eigenvalue weighted by molar-refractivity contribution is 0.670. The van der Waals surface area contributed by atoms with Crippen LogP contribution in [0.1, 0.15) is 150 Å². The lowest BCUT2D eigenvalue weighted by Gasteiger charge is -2.04. The van der Waals surface area contributed by atoms with Crippen molar-refractivity contribution in [3.05, 3.63) is 31.6 Å². The van der Waals surface area contributed by atoms with Crippen molar-refractivity contribution in [2.45, 2.75) is 156 Å². The fourth-order valence-electron chi connectivity index (χ4n) is 6.17. The summed E-state index contributed by atoms with van der Waals surface area (Å²) in [6, 6.07) is 5.27. The molecule has 1 aromatic carbocycles. The number of unbranched alkanes of at least 4 members (excludes halogenated alkanes) is 12. The standard InChI is InChI=1S/C36H54S3/c1-5-9-13-17-21-27-25-29-33-31(23-19-15-11-7-3)39-32(24-20-16-12-8-4)34(33)30-26-28(22-18-14-10-6-2)38-36(30)35(29)37-27/h25-26H,5-24H2,1-4H3. The Morgan fingerprint density at radius 3 is 1.13 bits per heavy atom. The summed E-state index contributed by atoms with van der Waals surface area (Å²) in [5.41, 5.74) is 0. The van der Waals surface area contributed by atoms with Crippen molar-refractivity contribution in [2.24, 2.45) is 0 Å². The van der Waals surface area contributed by atoms with E-state index in [1.807, 2.05) is 0 Å². The summed E-state index contributed by atoms with van der Waals surface area (Å²) in [5.74, 6) is 0. The van der Waals surface area contributed by atoms with Crippen LogP contribution in [0.5, 0.6) is 0 Å². The fourth-order valence-corrected chi connectivity index (χ4v) is 10.2. The number of thiophene rings is 3. The number of aryl methyl sites for hydroxylation is 4. The van der Waals surface area contributed by atoms with E-state index in [2.05, 4.69) is 73.8 Å². The molecule has 0 radical (unpaired) electrons. The molecule has 4 aromatic rings. The summed E-state index contributed by atoms with van der Waals surface area (Å²) in [7, 11) is 0. The van der Waals surface area contributed by atoms with Crippen molar-refractivity contribution in [3.63, 3.8) is 0 Å². The Kier molecular flexibility index (Phi) is 13.1. The van der Waals surface area contributed by atoms with E-state index in [9.17, 15) is 0 Å². The zero-order chi connectivity index (χ0) is 27.5. The van der Waals surface area contributed by atoms with Crippen LogP contribution < -0.4 is 0 Å². The van der Waals surface area contributed by atoms with Gasteiger partial charge >= 0.3 is 0 Å². The van der Waals surface area contributed by atoms with Crippen LogP contribution in [-0.2, 0) is 25.7 Å². The van der Waals surface area contributed by atoms with Crippen LogP contribution >= 0.6 is 34.0 Å². The van der Waals surface area contributed by atoms with Crippen LogP contribution in [0.3, 0.4) is 0 Å². The second-order valence-corrected chi connectivity index (χ2v) is 15.3. The number of rotatable bonds is 20. The smallest absolute Gasteiger partial charge is 0.0530 e. The summed E-state index contributed by atoms with van der Waals surface area (Å²) in [6.45, 7) is 9.31. The van der Waals surface area contributed by atoms with Crippen molar-refractivity contribution in [2.75, 3.05) is 0 Å². The molecule has 0 bridgehead atoms. The minimum Gasteiger partial charge on any atom is -0.144 e. The minimum absolute atomic E-state index is 1.26. The van der Waals surface area contributed by atoms with Gasteiger partial charge in [-0.1, -0.05) is 105 Å². The van der Waals surface area contributed by atoms with Gasteiger partial charge in [0.25, 0.3) is 0 Å². The van der Waals surface area contributed by atoms with Crippen molar-refractivity contribution in [1.29, 1.82) is 0 Å². The molecule has 0 saturated carbocycles. The van der Waals surface area contributed by atoms with Crippen molar-refractivity contribution >= 4 is 65.0 Å². The Bertz CT molecular complexity index is 1170. The highest BCUT2D eigenvalue weighted by Gasteiger charge is 2.22. The maximum atomic E-state index is 2.64. The topological polar surface area (TPSA) is 0 Å². The van der Waals surface area contributed by atoms with E-state index in [1.54, 1.807) is 50.5 Å². The molecule has 0 aliphatic rings. The highest BCUT2D eigenvalue weighted by molar-refractivity contribution is 7.27. The number of hydrogen-bond acceptors (Lipinski definition) is 3. The molecule has 0 saturated heterocycles. The van der Waals surface area contributed by atoms with E-state index in [0.717, 1.165) is 0 Å². The third-order valence-electron chi connectivity index (χ3n) is 8.43. The van der Waals surface area contributed by atoms with Gasteiger partial charge < -0.3 is 0 Å². The van der Waals surface area contributed by atoms with Crippen LogP contribution in [0.25, 0.3) is 30.9 Å². The number of fused-ring (bicyclic) bond motifs is 6. The van der Waals surface area contributed by atoms with Gasteiger partial charge in [0.1, 0.15) is 0 Å². The zero-order valence-corrected chi connectivity index (χ0v) is 28.0. The van der Waals surface area contributed by atoms with Gasteiger partial charge in [-0.2, -0.15) is 0 Å². The maximum Gasteiger partial charge on any atom is 0.0530 e. The fraction of sp³-hybridized carbons (Fsp3) is 0.667. The molecule has 0 spiro atoms. The quantitative estimate of drug-likeness (QED) is 0.0909. The molecule has 0 unspecified atom stereocenters. The third kappa shape index (κ3) is 8.10. The average molecular weight is 583 g/mol. The minimum atomic E-state index is 1.26. The van der Waals surface area contributed by atoms with E-state index in [1.165, 1.54) is 128 Å². The summed E-state index contributed by atoms with van der Waals surface area (Å²) in [6.07, 6.45) is 26.7. The molecule has 3 heteroatoms. The van der Waals surface area contributed by atoms with Gasteiger partial charge in [0, 0.05) is 41.1 Å². The molecule has 0 amide bonds. The van der Waals surface area contributed by atoms with Crippen LogP contribution in [-0.4, -0.2) is 0 Å². The summed E-state index contributed by atoms with van der Waals surface area (Å²) in [4.78, 5) is 6.65. The van der Waals surface area contributed by atoms with Gasteiger partial charge in [0.15, 0.2) is 0 Å². The maximum absolute atomic E-state index is 2.64. The first-order valence-corrected chi connectivity index (χ1v) is 19.1. The summed E-state index contributed by atoms with van der Waals surface area (Å²) < 4.78 is 3.22. The summed E-state index contributed by atoms with van der Waals surface area (Å²) in [5, 5.41) is 6.54. The molecule has 0 N–H and O–H groups in total. The predicted molar refractivity (Wildman–Crippen MR) is 184 cm³/mol. The largest absolute Gasteiger partial charge is 0.144 e. The molecule has 4 rings (SSSR count). The lowest BCUT2D eigenvalue weighted by atomic mass is 9.99. The molecule has 216 valence electrons. The average Bonchev–Trinajstić information content (AvgIpc) is 3.64. The van der Waals surface area contributed by atoms with Crippen molar-refractivity contribution in [3.8, 4) is 0 Å². The van der Waals surface area contributed by atoms with Gasteiger partial charge in [-0.15, -0.1) is 34.0 Å². The molecule has 3 aromatic heterocycles. The van der Waals surface area contributed by atoms with Gasteiger partial charge in [-0.3, -0.25) is 0 Å². The molecule has 0 atom stereocenters. The number of hydrogen-bond donors (Lipinski definition) is 0. The second-order valence-electron chi connectivity index (χ2n) is 11.9. The van der Waals surface area contributed by atoms with Crippen molar-refractivity contribution < 1.29 is 0 Å². The van der Waals surface area contributed by atoms with E-state index >= 15 is 0 Å². The molecule has 39 heavy (non-hydrogen) atoms. The molecule has 0 aliphatic carbocycles. The monoisotopic (exact) mass is 582 g/mol. The normalized spacial score (nSPS) is 12.1. The molecule has 0 fully saturated rings. The molecular weight excluding hydrogens is 529 g/mol. The Morgan fingerprint density at radius 2 is 0.769 bits per heavy atom.